The molecule has 2 rings (SSSR count). The van der Waals surface area contributed by atoms with E-state index < -0.39 is 18.9 Å². The molecule has 0 saturated carbocycles. The number of alkyl halides is 3. The summed E-state index contributed by atoms with van der Waals surface area (Å²) in [6.07, 6.45) is -5.53. The Labute approximate surface area is 108 Å². The third kappa shape index (κ3) is 3.07. The number of hydrogen-bond donors (Lipinski definition) is 1. The van der Waals surface area contributed by atoms with Crippen LogP contribution in [0.15, 0.2) is 18.2 Å². The predicted octanol–water partition coefficient (Wildman–Crippen LogP) is 2.51. The number of ketones is 1. The van der Waals surface area contributed by atoms with Gasteiger partial charge >= 0.3 is 6.18 Å². The molecule has 1 aromatic rings. The zero-order valence-electron chi connectivity index (χ0n) is 10.0. The van der Waals surface area contributed by atoms with Crippen molar-refractivity contribution in [3.8, 4) is 5.75 Å². The van der Waals surface area contributed by atoms with E-state index in [4.69, 9.17) is 9.84 Å². The molecule has 0 aromatic heterocycles. The number of aliphatic hydroxyl groups is 1. The third-order valence-electron chi connectivity index (χ3n) is 3.04. The zero-order chi connectivity index (χ0) is 14.0. The van der Waals surface area contributed by atoms with Crippen molar-refractivity contribution in [2.24, 2.45) is 0 Å². The van der Waals surface area contributed by atoms with Crippen LogP contribution in [-0.2, 0) is 6.42 Å². The lowest BCUT2D eigenvalue weighted by Crippen LogP contribution is -2.34. The lowest BCUT2D eigenvalue weighted by Gasteiger charge is -2.20. The molecule has 0 heterocycles. The quantitative estimate of drug-likeness (QED) is 0.921. The van der Waals surface area contributed by atoms with Crippen molar-refractivity contribution in [3.63, 3.8) is 0 Å². The number of hydrogen-bond acceptors (Lipinski definition) is 3. The molecule has 1 N–H and O–H groups in total. The van der Waals surface area contributed by atoms with Crippen LogP contribution in [0.25, 0.3) is 0 Å². The summed E-state index contributed by atoms with van der Waals surface area (Å²) in [5, 5.41) is 8.89. The lowest BCUT2D eigenvalue weighted by molar-refractivity contribution is -0.210. The first-order chi connectivity index (χ1) is 8.89. The van der Waals surface area contributed by atoms with E-state index >= 15 is 0 Å². The molecule has 1 aliphatic carbocycles. The highest BCUT2D eigenvalue weighted by molar-refractivity contribution is 5.99. The molecule has 0 radical (unpaired) electrons. The normalized spacial score (nSPS) is 16.9. The summed E-state index contributed by atoms with van der Waals surface area (Å²) in [4.78, 5) is 11.7. The highest BCUT2D eigenvalue weighted by Crippen LogP contribution is 2.30. The summed E-state index contributed by atoms with van der Waals surface area (Å²) in [5.41, 5.74) is 1.14. The Morgan fingerprint density at radius 1 is 1.32 bits per heavy atom. The van der Waals surface area contributed by atoms with Gasteiger partial charge in [-0.3, -0.25) is 4.79 Å². The van der Waals surface area contributed by atoms with Crippen LogP contribution in [0.3, 0.4) is 0 Å². The van der Waals surface area contributed by atoms with E-state index in [9.17, 15) is 18.0 Å². The molecule has 0 amide bonds. The van der Waals surface area contributed by atoms with Gasteiger partial charge in [-0.15, -0.1) is 0 Å². The number of Topliss-reactive ketones (excluding diaryl/α,β-unsaturated/α-hetero) is 1. The van der Waals surface area contributed by atoms with Crippen LogP contribution < -0.4 is 4.74 Å². The minimum absolute atomic E-state index is 0.0249. The highest BCUT2D eigenvalue weighted by Gasteiger charge is 2.38. The predicted molar refractivity (Wildman–Crippen MR) is 61.3 cm³/mol. The second-order valence-electron chi connectivity index (χ2n) is 4.43. The summed E-state index contributed by atoms with van der Waals surface area (Å²) in [7, 11) is 0. The minimum atomic E-state index is -4.70. The Hall–Kier alpha value is -1.56. The molecule has 1 unspecified atom stereocenters. The van der Waals surface area contributed by atoms with E-state index in [1.54, 1.807) is 12.1 Å². The molecule has 1 atom stereocenters. The van der Waals surface area contributed by atoms with E-state index in [-0.39, 0.29) is 11.5 Å². The van der Waals surface area contributed by atoms with Crippen molar-refractivity contribution in [3.05, 3.63) is 29.3 Å². The highest BCUT2D eigenvalue weighted by atomic mass is 19.4. The molecule has 1 aromatic carbocycles. The molecule has 0 aliphatic heterocycles. The van der Waals surface area contributed by atoms with Crippen LogP contribution in [0.2, 0.25) is 0 Å². The Bertz CT molecular complexity index is 483. The number of benzene rings is 1. The van der Waals surface area contributed by atoms with E-state index in [1.807, 2.05) is 0 Å². The van der Waals surface area contributed by atoms with Crippen LogP contribution in [0.4, 0.5) is 13.2 Å². The first-order valence-electron chi connectivity index (χ1n) is 5.92. The summed E-state index contributed by atoms with van der Waals surface area (Å²) < 4.78 is 41.5. The van der Waals surface area contributed by atoms with Crippen molar-refractivity contribution in [2.75, 3.05) is 6.61 Å². The van der Waals surface area contributed by atoms with Gasteiger partial charge in [-0.2, -0.15) is 13.2 Å². The maximum absolute atomic E-state index is 12.2. The van der Waals surface area contributed by atoms with Crippen molar-refractivity contribution in [2.45, 2.75) is 31.5 Å². The van der Waals surface area contributed by atoms with Gasteiger partial charge in [-0.25, -0.2) is 0 Å². The van der Waals surface area contributed by atoms with E-state index in [0.29, 0.717) is 30.4 Å². The standard InChI is InChI=1S/C13H13F3O3/c14-13(15,16)12(18)7-19-11-6-2-3-8-9(11)4-1-5-10(8)17/h2-3,6,12,18H,1,4-5,7H2. The van der Waals surface area contributed by atoms with Gasteiger partial charge in [0, 0.05) is 17.5 Å². The van der Waals surface area contributed by atoms with Crippen LogP contribution in [0.1, 0.15) is 28.8 Å². The minimum Gasteiger partial charge on any atom is -0.490 e. The average Bonchev–Trinajstić information content (AvgIpc) is 2.35. The molecule has 0 spiro atoms. The van der Waals surface area contributed by atoms with Gasteiger partial charge in [-0.1, -0.05) is 12.1 Å². The molecule has 1 aliphatic rings. The smallest absolute Gasteiger partial charge is 0.417 e. The van der Waals surface area contributed by atoms with Gasteiger partial charge in [0.15, 0.2) is 11.9 Å². The Morgan fingerprint density at radius 2 is 2.05 bits per heavy atom. The first-order valence-corrected chi connectivity index (χ1v) is 5.92. The van der Waals surface area contributed by atoms with Crippen molar-refractivity contribution in [1.29, 1.82) is 0 Å². The number of fused-ring (bicyclic) bond motifs is 1. The lowest BCUT2D eigenvalue weighted by atomic mass is 9.90. The van der Waals surface area contributed by atoms with Gasteiger partial charge < -0.3 is 9.84 Å². The molecule has 3 nitrogen and oxygen atoms in total. The van der Waals surface area contributed by atoms with Crippen LogP contribution in [-0.4, -0.2) is 29.8 Å². The van der Waals surface area contributed by atoms with Crippen LogP contribution >= 0.6 is 0 Å². The molecule has 19 heavy (non-hydrogen) atoms. The summed E-state index contributed by atoms with van der Waals surface area (Å²) in [5.74, 6) is 0.219. The fourth-order valence-electron chi connectivity index (χ4n) is 2.04. The SMILES string of the molecule is O=C1CCCc2c(OCC(O)C(F)(F)F)cccc21. The van der Waals surface area contributed by atoms with Gasteiger partial charge in [0.2, 0.25) is 0 Å². The second-order valence-corrected chi connectivity index (χ2v) is 4.43. The van der Waals surface area contributed by atoms with E-state index in [0.717, 1.165) is 0 Å². The zero-order valence-corrected chi connectivity index (χ0v) is 10.0. The molecule has 104 valence electrons. The maximum atomic E-state index is 12.2. The van der Waals surface area contributed by atoms with Crippen molar-refractivity contribution < 1.29 is 27.8 Å². The molecule has 6 heteroatoms. The molecular weight excluding hydrogens is 261 g/mol. The van der Waals surface area contributed by atoms with E-state index in [1.165, 1.54) is 6.07 Å². The number of carbonyl (C=O) groups excluding carboxylic acids is 1. The first kappa shape index (κ1) is 13.9. The van der Waals surface area contributed by atoms with Gasteiger partial charge in [0.1, 0.15) is 12.4 Å². The Balaban J connectivity index is 2.14. The summed E-state index contributed by atoms with van der Waals surface area (Å²) in [6.45, 7) is -0.867. The fourth-order valence-corrected chi connectivity index (χ4v) is 2.04. The Kier molecular flexibility index (Phi) is 3.80. The summed E-state index contributed by atoms with van der Waals surface area (Å²) in [6, 6.07) is 4.72. The molecule has 0 saturated heterocycles. The average molecular weight is 274 g/mol. The monoisotopic (exact) mass is 274 g/mol. The van der Waals surface area contributed by atoms with Crippen LogP contribution in [0.5, 0.6) is 5.75 Å². The maximum Gasteiger partial charge on any atom is 0.417 e. The topological polar surface area (TPSA) is 46.5 Å². The summed E-state index contributed by atoms with van der Waals surface area (Å²) >= 11 is 0. The van der Waals surface area contributed by atoms with Crippen molar-refractivity contribution >= 4 is 5.78 Å². The second kappa shape index (κ2) is 5.21. The number of ether oxygens (including phenoxy) is 1. The number of aliphatic hydroxyl groups excluding tert-OH is 1. The third-order valence-corrected chi connectivity index (χ3v) is 3.04. The molecular formula is C13H13F3O3. The van der Waals surface area contributed by atoms with Crippen molar-refractivity contribution in [1.82, 2.24) is 0 Å². The van der Waals surface area contributed by atoms with Gasteiger partial charge in [-0.05, 0) is 18.9 Å². The molecule has 0 bridgehead atoms. The largest absolute Gasteiger partial charge is 0.490 e. The Morgan fingerprint density at radius 3 is 2.74 bits per heavy atom. The van der Waals surface area contributed by atoms with Gasteiger partial charge in [0.25, 0.3) is 0 Å². The van der Waals surface area contributed by atoms with Gasteiger partial charge in [0.05, 0.1) is 0 Å². The fraction of sp³-hybridized carbons (Fsp3) is 0.462. The van der Waals surface area contributed by atoms with Crippen LogP contribution in [0, 0.1) is 0 Å². The molecule has 0 fully saturated rings. The number of rotatable bonds is 3. The number of halogens is 3. The number of carbonyl (C=O) groups is 1. The van der Waals surface area contributed by atoms with E-state index in [2.05, 4.69) is 0 Å².